The molecule has 2 unspecified atom stereocenters. The molecule has 0 spiro atoms. The number of hydrogen-bond donors (Lipinski definition) is 2. The van der Waals surface area contributed by atoms with Gasteiger partial charge in [0, 0.05) is 5.69 Å². The third kappa shape index (κ3) is 3.19. The molecule has 1 aromatic carbocycles. The van der Waals surface area contributed by atoms with E-state index < -0.39 is 0 Å². The monoisotopic (exact) mass is 237 g/mol. The van der Waals surface area contributed by atoms with E-state index in [4.69, 9.17) is 0 Å². The van der Waals surface area contributed by atoms with Gasteiger partial charge in [-0.15, -0.1) is 0 Å². The van der Waals surface area contributed by atoms with Gasteiger partial charge in [0.1, 0.15) is 5.82 Å². The zero-order chi connectivity index (χ0) is 12.3. The Bertz CT molecular complexity index is 380. The van der Waals surface area contributed by atoms with Crippen molar-refractivity contribution < 1.29 is 9.50 Å². The maximum absolute atomic E-state index is 13.4. The summed E-state index contributed by atoms with van der Waals surface area (Å²) in [6, 6.07) is 5.20. The van der Waals surface area contributed by atoms with Crippen LogP contribution in [0.25, 0.3) is 0 Å². The molecule has 1 fully saturated rings. The number of anilines is 1. The minimum Gasteiger partial charge on any atom is -0.391 e. The second-order valence-corrected chi connectivity index (χ2v) is 4.92. The quantitative estimate of drug-likeness (QED) is 0.774. The van der Waals surface area contributed by atoms with Crippen molar-refractivity contribution >= 4 is 5.69 Å². The maximum Gasteiger partial charge on any atom is 0.128 e. The summed E-state index contributed by atoms with van der Waals surface area (Å²) in [5.74, 6) is -0.196. The standard InChI is InChI=1S/C14H20FNO/c1-10-7-8-11(9-12(10)15)16-13-5-3-2-4-6-14(13)17/h7-9,13-14,16-17H,2-6H2,1H3. The highest BCUT2D eigenvalue weighted by Gasteiger charge is 2.21. The molecule has 0 bridgehead atoms. The number of benzene rings is 1. The van der Waals surface area contributed by atoms with E-state index in [1.54, 1.807) is 13.0 Å². The largest absolute Gasteiger partial charge is 0.391 e. The third-order valence-electron chi connectivity index (χ3n) is 3.50. The summed E-state index contributed by atoms with van der Waals surface area (Å²) in [4.78, 5) is 0. The summed E-state index contributed by atoms with van der Waals surface area (Å²) < 4.78 is 13.4. The van der Waals surface area contributed by atoms with Crippen LogP contribution in [0.4, 0.5) is 10.1 Å². The first kappa shape index (κ1) is 12.4. The Hall–Kier alpha value is -1.09. The van der Waals surface area contributed by atoms with Crippen molar-refractivity contribution in [3.05, 3.63) is 29.6 Å². The van der Waals surface area contributed by atoms with Crippen molar-refractivity contribution in [3.63, 3.8) is 0 Å². The molecule has 1 aromatic rings. The second kappa shape index (κ2) is 5.50. The van der Waals surface area contributed by atoms with Crippen LogP contribution in [0, 0.1) is 12.7 Å². The van der Waals surface area contributed by atoms with E-state index in [1.807, 2.05) is 6.07 Å². The van der Waals surface area contributed by atoms with Crippen molar-refractivity contribution in [1.29, 1.82) is 0 Å². The molecule has 2 nitrogen and oxygen atoms in total. The average Bonchev–Trinajstić information content (AvgIpc) is 2.50. The van der Waals surface area contributed by atoms with Crippen LogP contribution in [-0.2, 0) is 0 Å². The lowest BCUT2D eigenvalue weighted by atomic mass is 10.1. The highest BCUT2D eigenvalue weighted by Crippen LogP contribution is 2.22. The van der Waals surface area contributed by atoms with Crippen LogP contribution in [0.15, 0.2) is 18.2 Å². The topological polar surface area (TPSA) is 32.3 Å². The lowest BCUT2D eigenvalue weighted by Gasteiger charge is -2.23. The minimum atomic E-state index is -0.318. The van der Waals surface area contributed by atoms with E-state index in [9.17, 15) is 9.50 Å². The number of halogens is 1. The van der Waals surface area contributed by atoms with E-state index in [0.717, 1.165) is 31.4 Å². The van der Waals surface area contributed by atoms with Gasteiger partial charge in [-0.05, 0) is 37.5 Å². The zero-order valence-electron chi connectivity index (χ0n) is 10.2. The van der Waals surface area contributed by atoms with Crippen LogP contribution in [0.2, 0.25) is 0 Å². The average molecular weight is 237 g/mol. The maximum atomic E-state index is 13.4. The molecule has 0 saturated heterocycles. The fraction of sp³-hybridized carbons (Fsp3) is 0.571. The van der Waals surface area contributed by atoms with E-state index in [2.05, 4.69) is 5.32 Å². The van der Waals surface area contributed by atoms with Crippen molar-refractivity contribution in [2.45, 2.75) is 51.2 Å². The summed E-state index contributed by atoms with van der Waals surface area (Å²) >= 11 is 0. The number of aryl methyl sites for hydroxylation is 1. The molecule has 0 heterocycles. The Kier molecular flexibility index (Phi) is 4.00. The summed E-state index contributed by atoms with van der Waals surface area (Å²) in [6.07, 6.45) is 4.87. The Morgan fingerprint density at radius 2 is 2.00 bits per heavy atom. The molecular weight excluding hydrogens is 217 g/mol. The summed E-state index contributed by atoms with van der Waals surface area (Å²) in [7, 11) is 0. The molecule has 0 radical (unpaired) electrons. The van der Waals surface area contributed by atoms with Crippen LogP contribution in [0.5, 0.6) is 0 Å². The van der Waals surface area contributed by atoms with Gasteiger partial charge in [-0.25, -0.2) is 4.39 Å². The van der Waals surface area contributed by atoms with Gasteiger partial charge < -0.3 is 10.4 Å². The molecule has 1 aliphatic rings. The van der Waals surface area contributed by atoms with Gasteiger partial charge in [-0.2, -0.15) is 0 Å². The first-order chi connectivity index (χ1) is 8.16. The van der Waals surface area contributed by atoms with Crippen LogP contribution >= 0.6 is 0 Å². The highest BCUT2D eigenvalue weighted by atomic mass is 19.1. The van der Waals surface area contributed by atoms with Crippen LogP contribution in [-0.4, -0.2) is 17.3 Å². The molecule has 0 aromatic heterocycles. The zero-order valence-corrected chi connectivity index (χ0v) is 10.2. The highest BCUT2D eigenvalue weighted by molar-refractivity contribution is 5.46. The molecule has 1 saturated carbocycles. The van der Waals surface area contributed by atoms with Gasteiger partial charge >= 0.3 is 0 Å². The summed E-state index contributed by atoms with van der Waals surface area (Å²) in [5, 5.41) is 13.2. The molecule has 0 amide bonds. The second-order valence-electron chi connectivity index (χ2n) is 4.92. The van der Waals surface area contributed by atoms with Gasteiger partial charge in [-0.3, -0.25) is 0 Å². The Labute approximate surface area is 102 Å². The fourth-order valence-corrected chi connectivity index (χ4v) is 2.35. The lowest BCUT2D eigenvalue weighted by Crippen LogP contribution is -2.32. The molecule has 94 valence electrons. The Morgan fingerprint density at radius 3 is 2.76 bits per heavy atom. The van der Waals surface area contributed by atoms with Crippen molar-refractivity contribution in [2.24, 2.45) is 0 Å². The molecule has 2 atom stereocenters. The number of rotatable bonds is 2. The van der Waals surface area contributed by atoms with Crippen LogP contribution in [0.3, 0.4) is 0 Å². The molecule has 2 N–H and O–H groups in total. The number of aliphatic hydroxyl groups is 1. The van der Waals surface area contributed by atoms with E-state index in [-0.39, 0.29) is 18.0 Å². The smallest absolute Gasteiger partial charge is 0.128 e. The SMILES string of the molecule is Cc1ccc(NC2CCCCCC2O)cc1F. The summed E-state index contributed by atoms with van der Waals surface area (Å²) in [5.41, 5.74) is 1.41. The normalized spacial score (nSPS) is 25.4. The van der Waals surface area contributed by atoms with Crippen molar-refractivity contribution in [1.82, 2.24) is 0 Å². The van der Waals surface area contributed by atoms with Gasteiger partial charge in [0.05, 0.1) is 12.1 Å². The number of aliphatic hydroxyl groups excluding tert-OH is 1. The van der Waals surface area contributed by atoms with Crippen molar-refractivity contribution in [3.8, 4) is 0 Å². The Morgan fingerprint density at radius 1 is 1.24 bits per heavy atom. The van der Waals surface area contributed by atoms with E-state index in [0.29, 0.717) is 5.56 Å². The van der Waals surface area contributed by atoms with Gasteiger partial charge in [-0.1, -0.05) is 25.3 Å². The molecule has 2 rings (SSSR count). The minimum absolute atomic E-state index is 0.0552. The molecule has 17 heavy (non-hydrogen) atoms. The molecule has 1 aliphatic carbocycles. The van der Waals surface area contributed by atoms with Gasteiger partial charge in [0.15, 0.2) is 0 Å². The molecule has 0 aliphatic heterocycles. The predicted octanol–water partition coefficient (Wildman–Crippen LogP) is 3.24. The fourth-order valence-electron chi connectivity index (χ4n) is 2.35. The van der Waals surface area contributed by atoms with Crippen LogP contribution in [0.1, 0.15) is 37.7 Å². The van der Waals surface area contributed by atoms with E-state index >= 15 is 0 Å². The van der Waals surface area contributed by atoms with Crippen molar-refractivity contribution in [2.75, 3.05) is 5.32 Å². The predicted molar refractivity (Wildman–Crippen MR) is 67.6 cm³/mol. The van der Waals surface area contributed by atoms with E-state index in [1.165, 1.54) is 12.5 Å². The first-order valence-corrected chi connectivity index (χ1v) is 6.37. The van der Waals surface area contributed by atoms with Crippen LogP contribution < -0.4 is 5.32 Å². The number of nitrogens with one attached hydrogen (secondary N) is 1. The molecular formula is C14H20FNO. The summed E-state index contributed by atoms with van der Waals surface area (Å²) in [6.45, 7) is 1.75. The third-order valence-corrected chi connectivity index (χ3v) is 3.50. The number of hydrogen-bond acceptors (Lipinski definition) is 2. The first-order valence-electron chi connectivity index (χ1n) is 6.37. The molecule has 3 heteroatoms. The lowest BCUT2D eigenvalue weighted by molar-refractivity contribution is 0.144. The van der Waals surface area contributed by atoms with Gasteiger partial charge in [0.2, 0.25) is 0 Å². The Balaban J connectivity index is 2.05. The van der Waals surface area contributed by atoms with Gasteiger partial charge in [0.25, 0.3) is 0 Å².